The van der Waals surface area contributed by atoms with Crippen LogP contribution in [0, 0.1) is 0 Å². The Morgan fingerprint density at radius 1 is 1.37 bits per heavy atom. The summed E-state index contributed by atoms with van der Waals surface area (Å²) < 4.78 is 1.33. The van der Waals surface area contributed by atoms with Crippen LogP contribution in [-0.4, -0.2) is 21.7 Å². The van der Waals surface area contributed by atoms with E-state index in [0.29, 0.717) is 0 Å². The fourth-order valence-electron chi connectivity index (χ4n) is 1.45. The highest BCUT2D eigenvalue weighted by Gasteiger charge is 2.09. The maximum absolute atomic E-state index is 11.8. The number of hydrazone groups is 1. The van der Waals surface area contributed by atoms with E-state index in [1.165, 1.54) is 16.8 Å². The van der Waals surface area contributed by atoms with Gasteiger partial charge in [0.05, 0.1) is 6.21 Å². The maximum atomic E-state index is 11.8. The summed E-state index contributed by atoms with van der Waals surface area (Å²) >= 11 is 0. The summed E-state index contributed by atoms with van der Waals surface area (Å²) in [6.45, 7) is 0. The zero-order valence-electron chi connectivity index (χ0n) is 10.3. The van der Waals surface area contributed by atoms with E-state index in [2.05, 4.69) is 15.5 Å². The topological polar surface area (TPSA) is 76.3 Å². The molecule has 0 aromatic carbocycles. The molecule has 0 spiro atoms. The fourth-order valence-corrected chi connectivity index (χ4v) is 1.45. The molecule has 0 atom stereocenters. The number of nitrogens with zero attached hydrogens (tertiary/aromatic N) is 3. The number of carbonyl (C=O) groups is 1. The van der Waals surface area contributed by atoms with Gasteiger partial charge in [-0.3, -0.25) is 14.6 Å². The summed E-state index contributed by atoms with van der Waals surface area (Å²) in [6.07, 6.45) is 6.30. The minimum Gasteiger partial charge on any atom is -0.318 e. The Hall–Kier alpha value is -2.76. The second-order valence-electron chi connectivity index (χ2n) is 3.82. The van der Waals surface area contributed by atoms with Crippen molar-refractivity contribution < 1.29 is 4.79 Å². The normalized spacial score (nSPS) is 10.6. The van der Waals surface area contributed by atoms with Crippen LogP contribution in [0.25, 0.3) is 0 Å². The minimum atomic E-state index is -0.536. The molecule has 0 saturated carbocycles. The van der Waals surface area contributed by atoms with Crippen LogP contribution in [0.3, 0.4) is 0 Å². The lowest BCUT2D eigenvalue weighted by atomic mass is 10.2. The first-order valence-electron chi connectivity index (χ1n) is 5.57. The van der Waals surface area contributed by atoms with Gasteiger partial charge in [0, 0.05) is 25.6 Å². The predicted octanol–water partition coefficient (Wildman–Crippen LogP) is 0.544. The molecule has 2 aromatic rings. The standard InChI is InChI=1S/C13H12N4O2/c1-17-8-2-3-11(13(17)19)12(18)16-15-9-10-4-6-14-7-5-10/h2-9H,1H3,(H,16,18)/b15-9-. The molecule has 0 bridgehead atoms. The van der Waals surface area contributed by atoms with Crippen molar-refractivity contribution in [2.75, 3.05) is 0 Å². The van der Waals surface area contributed by atoms with Crippen molar-refractivity contribution >= 4 is 12.1 Å². The molecule has 0 unspecified atom stereocenters. The van der Waals surface area contributed by atoms with Crippen molar-refractivity contribution in [2.24, 2.45) is 12.1 Å². The Kier molecular flexibility index (Phi) is 3.82. The van der Waals surface area contributed by atoms with Gasteiger partial charge in [-0.1, -0.05) is 0 Å². The van der Waals surface area contributed by atoms with E-state index in [1.807, 2.05) is 0 Å². The van der Waals surface area contributed by atoms with Gasteiger partial charge >= 0.3 is 0 Å². The van der Waals surface area contributed by atoms with Crippen LogP contribution in [0.2, 0.25) is 0 Å². The SMILES string of the molecule is Cn1cccc(C(=O)N/N=C\c2ccncc2)c1=O. The monoisotopic (exact) mass is 256 g/mol. The van der Waals surface area contributed by atoms with E-state index < -0.39 is 5.91 Å². The summed E-state index contributed by atoms with van der Waals surface area (Å²) in [5.74, 6) is -0.536. The number of nitrogens with one attached hydrogen (secondary N) is 1. The first-order chi connectivity index (χ1) is 9.18. The molecule has 0 aliphatic carbocycles. The van der Waals surface area contributed by atoms with Gasteiger partial charge in [-0.25, -0.2) is 5.43 Å². The van der Waals surface area contributed by atoms with Gasteiger partial charge in [0.15, 0.2) is 0 Å². The molecule has 0 radical (unpaired) electrons. The second kappa shape index (κ2) is 5.72. The first kappa shape index (κ1) is 12.7. The molecule has 1 amide bonds. The van der Waals surface area contributed by atoms with Crippen LogP contribution in [0.15, 0.2) is 52.8 Å². The Labute approximate surface area is 109 Å². The molecule has 96 valence electrons. The lowest BCUT2D eigenvalue weighted by Crippen LogP contribution is -2.29. The van der Waals surface area contributed by atoms with Crippen LogP contribution in [0.5, 0.6) is 0 Å². The van der Waals surface area contributed by atoms with E-state index in [1.54, 1.807) is 43.8 Å². The molecule has 6 heteroatoms. The molecular weight excluding hydrogens is 244 g/mol. The van der Waals surface area contributed by atoms with Gasteiger partial charge in [0.2, 0.25) is 0 Å². The van der Waals surface area contributed by atoms with Crippen LogP contribution in [0.1, 0.15) is 15.9 Å². The summed E-state index contributed by atoms with van der Waals surface area (Å²) in [4.78, 5) is 27.3. The van der Waals surface area contributed by atoms with Crippen LogP contribution in [0.4, 0.5) is 0 Å². The summed E-state index contributed by atoms with van der Waals surface area (Å²) in [5.41, 5.74) is 2.81. The molecule has 19 heavy (non-hydrogen) atoms. The van der Waals surface area contributed by atoms with E-state index >= 15 is 0 Å². The summed E-state index contributed by atoms with van der Waals surface area (Å²) in [6, 6.07) is 6.58. The molecule has 0 saturated heterocycles. The lowest BCUT2D eigenvalue weighted by molar-refractivity contribution is 0.0953. The Morgan fingerprint density at radius 3 is 2.84 bits per heavy atom. The third-order valence-electron chi connectivity index (χ3n) is 2.45. The highest BCUT2D eigenvalue weighted by molar-refractivity contribution is 5.94. The fraction of sp³-hybridized carbons (Fsp3) is 0.0769. The number of hydrogen-bond acceptors (Lipinski definition) is 4. The highest BCUT2D eigenvalue weighted by atomic mass is 16.2. The molecule has 0 aliphatic rings. The maximum Gasteiger partial charge on any atom is 0.276 e. The summed E-state index contributed by atoms with van der Waals surface area (Å²) in [7, 11) is 1.58. The third-order valence-corrected chi connectivity index (χ3v) is 2.45. The van der Waals surface area contributed by atoms with Crippen molar-refractivity contribution in [1.29, 1.82) is 0 Å². The number of aryl methyl sites for hydroxylation is 1. The van der Waals surface area contributed by atoms with Crippen molar-refractivity contribution in [3.05, 3.63) is 64.3 Å². The van der Waals surface area contributed by atoms with Gasteiger partial charge in [0.1, 0.15) is 5.56 Å². The van der Waals surface area contributed by atoms with Crippen LogP contribution in [-0.2, 0) is 7.05 Å². The van der Waals surface area contributed by atoms with Gasteiger partial charge in [-0.05, 0) is 29.8 Å². The molecule has 0 aliphatic heterocycles. The van der Waals surface area contributed by atoms with E-state index in [-0.39, 0.29) is 11.1 Å². The molecule has 2 aromatic heterocycles. The molecule has 2 rings (SSSR count). The number of aromatic nitrogens is 2. The number of rotatable bonds is 3. The van der Waals surface area contributed by atoms with E-state index in [9.17, 15) is 9.59 Å². The van der Waals surface area contributed by atoms with Crippen LogP contribution >= 0.6 is 0 Å². The molecule has 0 fully saturated rings. The van der Waals surface area contributed by atoms with Gasteiger partial charge in [-0.2, -0.15) is 5.10 Å². The number of hydrogen-bond donors (Lipinski definition) is 1. The van der Waals surface area contributed by atoms with Crippen molar-refractivity contribution in [3.8, 4) is 0 Å². The molecule has 1 N–H and O–H groups in total. The van der Waals surface area contributed by atoms with Gasteiger partial charge < -0.3 is 4.57 Å². The molecule has 6 nitrogen and oxygen atoms in total. The molecular formula is C13H12N4O2. The smallest absolute Gasteiger partial charge is 0.276 e. The average Bonchev–Trinajstić information content (AvgIpc) is 2.43. The first-order valence-corrected chi connectivity index (χ1v) is 5.57. The van der Waals surface area contributed by atoms with Crippen LogP contribution < -0.4 is 11.0 Å². The minimum absolute atomic E-state index is 0.0527. The second-order valence-corrected chi connectivity index (χ2v) is 3.82. The Balaban J connectivity index is 2.08. The lowest BCUT2D eigenvalue weighted by Gasteiger charge is -2.01. The zero-order chi connectivity index (χ0) is 13.7. The third kappa shape index (κ3) is 3.12. The predicted molar refractivity (Wildman–Crippen MR) is 71.0 cm³/mol. The quantitative estimate of drug-likeness (QED) is 0.643. The van der Waals surface area contributed by atoms with Crippen molar-refractivity contribution in [3.63, 3.8) is 0 Å². The zero-order valence-corrected chi connectivity index (χ0v) is 10.3. The van der Waals surface area contributed by atoms with Crippen molar-refractivity contribution in [2.45, 2.75) is 0 Å². The van der Waals surface area contributed by atoms with Crippen molar-refractivity contribution in [1.82, 2.24) is 15.0 Å². The Morgan fingerprint density at radius 2 is 2.11 bits per heavy atom. The largest absolute Gasteiger partial charge is 0.318 e. The molecule has 2 heterocycles. The Bertz CT molecular complexity index is 662. The van der Waals surface area contributed by atoms with E-state index in [0.717, 1.165) is 5.56 Å². The number of amides is 1. The number of carbonyl (C=O) groups excluding carboxylic acids is 1. The van der Waals surface area contributed by atoms with Gasteiger partial charge in [-0.15, -0.1) is 0 Å². The van der Waals surface area contributed by atoms with E-state index in [4.69, 9.17) is 0 Å². The summed E-state index contributed by atoms with van der Waals surface area (Å²) in [5, 5.41) is 3.79. The average molecular weight is 256 g/mol. The highest BCUT2D eigenvalue weighted by Crippen LogP contribution is 1.92. The number of pyridine rings is 2. The van der Waals surface area contributed by atoms with Gasteiger partial charge in [0.25, 0.3) is 11.5 Å².